The maximum absolute atomic E-state index is 12.9. The van der Waals surface area contributed by atoms with Crippen LogP contribution in [0.15, 0.2) is 29.1 Å². The Bertz CT molecular complexity index is 1160. The van der Waals surface area contributed by atoms with Gasteiger partial charge in [0.05, 0.1) is 29.0 Å². The van der Waals surface area contributed by atoms with Gasteiger partial charge in [0, 0.05) is 10.9 Å². The summed E-state index contributed by atoms with van der Waals surface area (Å²) in [6, 6.07) is 6.92. The van der Waals surface area contributed by atoms with Crippen LogP contribution in [0.5, 0.6) is 5.75 Å². The van der Waals surface area contributed by atoms with Crippen LogP contribution in [-0.4, -0.2) is 25.9 Å². The molecule has 29 heavy (non-hydrogen) atoms. The first-order valence-corrected chi connectivity index (χ1v) is 9.64. The molecule has 0 saturated heterocycles. The molecule has 2 N–H and O–H groups in total. The fourth-order valence-electron chi connectivity index (χ4n) is 3.77. The van der Waals surface area contributed by atoms with Gasteiger partial charge in [-0.05, 0) is 48.7 Å². The summed E-state index contributed by atoms with van der Waals surface area (Å²) in [5.74, 6) is 0.176. The molecule has 152 valence electrons. The number of aromatic hydroxyl groups is 1. The van der Waals surface area contributed by atoms with Gasteiger partial charge in [-0.3, -0.25) is 4.79 Å². The molecule has 7 nitrogen and oxygen atoms in total. The van der Waals surface area contributed by atoms with Crippen LogP contribution in [0.1, 0.15) is 43.0 Å². The number of ether oxygens (including phenoxy) is 1. The molecule has 0 unspecified atom stereocenters. The number of phenolic OH excluding ortho intramolecular Hbond substituents is 1. The Balaban J connectivity index is 0.00000117. The lowest BCUT2D eigenvalue weighted by Crippen LogP contribution is -2.25. The lowest BCUT2D eigenvalue weighted by atomic mass is 9.98. The van der Waals surface area contributed by atoms with Crippen molar-refractivity contribution in [2.45, 2.75) is 47.3 Å². The minimum Gasteiger partial charge on any atom is -0.508 e. The van der Waals surface area contributed by atoms with Crippen LogP contribution in [0.2, 0.25) is 0 Å². The van der Waals surface area contributed by atoms with Crippen LogP contribution in [0.4, 0.5) is 4.79 Å². The zero-order valence-corrected chi connectivity index (χ0v) is 16.9. The third kappa shape index (κ3) is 3.44. The molecular formula is C22H24N2O5. The van der Waals surface area contributed by atoms with Crippen LogP contribution in [0, 0.1) is 6.92 Å². The second-order valence-corrected chi connectivity index (χ2v) is 6.61. The lowest BCUT2D eigenvalue weighted by molar-refractivity contribution is 0.0848. The van der Waals surface area contributed by atoms with E-state index >= 15 is 0 Å². The maximum Gasteiger partial charge on any atom is 0.506 e. The van der Waals surface area contributed by atoms with Crippen molar-refractivity contribution in [1.29, 1.82) is 0 Å². The molecule has 0 fully saturated rings. The Kier molecular flexibility index (Phi) is 5.59. The van der Waals surface area contributed by atoms with Crippen molar-refractivity contribution in [3.8, 4) is 17.1 Å². The molecule has 3 aromatic rings. The van der Waals surface area contributed by atoms with Gasteiger partial charge in [0.15, 0.2) is 0 Å². The average molecular weight is 396 g/mol. The number of aromatic nitrogens is 2. The van der Waals surface area contributed by atoms with E-state index in [1.165, 1.54) is 0 Å². The topological polar surface area (TPSA) is 102 Å². The minimum atomic E-state index is -1.41. The summed E-state index contributed by atoms with van der Waals surface area (Å²) >= 11 is 0. The van der Waals surface area contributed by atoms with E-state index in [1.807, 2.05) is 26.8 Å². The smallest absolute Gasteiger partial charge is 0.506 e. The van der Waals surface area contributed by atoms with Crippen molar-refractivity contribution >= 4 is 17.1 Å². The lowest BCUT2D eigenvalue weighted by Gasteiger charge is -2.10. The van der Waals surface area contributed by atoms with Crippen molar-refractivity contribution < 1.29 is 19.7 Å². The molecule has 7 heteroatoms. The van der Waals surface area contributed by atoms with Gasteiger partial charge in [-0.25, -0.2) is 9.78 Å². The second-order valence-electron chi connectivity index (χ2n) is 6.61. The predicted molar refractivity (Wildman–Crippen MR) is 110 cm³/mol. The van der Waals surface area contributed by atoms with Gasteiger partial charge in [-0.2, -0.15) is 0 Å². The van der Waals surface area contributed by atoms with E-state index in [2.05, 4.69) is 4.74 Å². The summed E-state index contributed by atoms with van der Waals surface area (Å²) in [5.41, 5.74) is 4.99. The highest BCUT2D eigenvalue weighted by molar-refractivity contribution is 5.89. The highest BCUT2D eigenvalue weighted by Gasteiger charge is 2.27. The molecule has 4 rings (SSSR count). The highest BCUT2D eigenvalue weighted by Crippen LogP contribution is 2.37. The molecule has 1 aliphatic heterocycles. The number of carbonyl (C=O) groups is 1. The van der Waals surface area contributed by atoms with Crippen LogP contribution in [0.25, 0.3) is 22.3 Å². The van der Waals surface area contributed by atoms with E-state index < -0.39 is 6.16 Å². The number of hydrogen-bond acceptors (Lipinski definition) is 5. The van der Waals surface area contributed by atoms with E-state index in [0.717, 1.165) is 39.8 Å². The minimum absolute atomic E-state index is 0.176. The van der Waals surface area contributed by atoms with Crippen molar-refractivity contribution in [1.82, 2.24) is 9.55 Å². The van der Waals surface area contributed by atoms with Gasteiger partial charge in [-0.1, -0.05) is 20.8 Å². The molecule has 1 aromatic carbocycles. The molecule has 0 radical (unpaired) electrons. The molecule has 1 aliphatic rings. The van der Waals surface area contributed by atoms with Crippen molar-refractivity contribution in [3.05, 3.63) is 56.9 Å². The third-order valence-corrected chi connectivity index (χ3v) is 5.06. The molecule has 0 atom stereocenters. The molecule has 0 spiro atoms. The Morgan fingerprint density at radius 3 is 2.62 bits per heavy atom. The van der Waals surface area contributed by atoms with Crippen LogP contribution < -0.4 is 5.56 Å². The first-order chi connectivity index (χ1) is 13.9. The molecule has 0 saturated carbocycles. The van der Waals surface area contributed by atoms with Gasteiger partial charge in [-0.15, -0.1) is 0 Å². The zero-order chi connectivity index (χ0) is 21.3. The summed E-state index contributed by atoms with van der Waals surface area (Å²) in [4.78, 5) is 28.4. The average Bonchev–Trinajstić information content (AvgIpc) is 3.05. The summed E-state index contributed by atoms with van der Waals surface area (Å²) < 4.78 is 6.22. The Morgan fingerprint density at radius 1 is 1.24 bits per heavy atom. The third-order valence-electron chi connectivity index (χ3n) is 5.06. The van der Waals surface area contributed by atoms with Gasteiger partial charge < -0.3 is 19.5 Å². The quantitative estimate of drug-likeness (QED) is 0.503. The van der Waals surface area contributed by atoms with E-state index in [-0.39, 0.29) is 17.9 Å². The molecule has 3 heterocycles. The van der Waals surface area contributed by atoms with Crippen molar-refractivity contribution in [3.63, 3.8) is 0 Å². The van der Waals surface area contributed by atoms with Crippen LogP contribution in [0.3, 0.4) is 0 Å². The first kappa shape index (κ1) is 20.4. The maximum atomic E-state index is 12.9. The highest BCUT2D eigenvalue weighted by atomic mass is 16.7. The Labute approximate surface area is 168 Å². The summed E-state index contributed by atoms with van der Waals surface area (Å²) in [6.07, 6.45) is -0.676. The van der Waals surface area contributed by atoms with Crippen molar-refractivity contribution in [2.75, 3.05) is 0 Å². The standard InChI is InChI=1S/C20H18N2O5.C2H6/c1-3-12-13-7-11(23)4-5-16(13)21-18-14(12)8-22-17(18)6-10(2)15(19(22)24)9-27-20(25)26;1-2/h4-7,23H,3,8-9H2,1-2H3,(H,25,26);1-2H3. The van der Waals surface area contributed by atoms with Crippen molar-refractivity contribution in [2.24, 2.45) is 0 Å². The number of pyridine rings is 2. The molecular weight excluding hydrogens is 372 g/mol. The SMILES string of the molecule is CC.CCc1c2c(nc3ccc(O)cc13)-c1cc(C)c(COC(=O)O)c(=O)n1C2. The normalized spacial score (nSPS) is 11.4. The van der Waals surface area contributed by atoms with Crippen LogP contribution in [-0.2, 0) is 24.3 Å². The second kappa shape index (κ2) is 7.95. The van der Waals surface area contributed by atoms with E-state index in [0.29, 0.717) is 17.7 Å². The number of carboxylic acid groups (broad SMARTS) is 1. The Hall–Kier alpha value is -3.35. The Morgan fingerprint density at radius 2 is 1.97 bits per heavy atom. The van der Waals surface area contributed by atoms with Gasteiger partial charge in [0.1, 0.15) is 12.4 Å². The largest absolute Gasteiger partial charge is 0.508 e. The first-order valence-electron chi connectivity index (χ1n) is 9.64. The monoisotopic (exact) mass is 396 g/mol. The summed E-state index contributed by atoms with van der Waals surface area (Å²) in [5, 5.41) is 19.5. The molecule has 0 aliphatic carbocycles. The predicted octanol–water partition coefficient (Wildman–Crippen LogP) is 4.22. The van der Waals surface area contributed by atoms with Gasteiger partial charge >= 0.3 is 6.16 Å². The number of aryl methyl sites for hydroxylation is 2. The fraction of sp³-hybridized carbons (Fsp3) is 0.318. The summed E-state index contributed by atoms with van der Waals surface area (Å²) in [7, 11) is 0. The van der Waals surface area contributed by atoms with E-state index in [4.69, 9.17) is 10.1 Å². The van der Waals surface area contributed by atoms with E-state index in [9.17, 15) is 14.7 Å². The van der Waals surface area contributed by atoms with E-state index in [1.54, 1.807) is 29.7 Å². The molecule has 0 amide bonds. The number of phenols is 1. The molecule has 0 bridgehead atoms. The number of benzene rings is 1. The number of rotatable bonds is 3. The van der Waals surface area contributed by atoms with Gasteiger partial charge in [0.25, 0.3) is 5.56 Å². The number of fused-ring (bicyclic) bond motifs is 4. The summed E-state index contributed by atoms with van der Waals surface area (Å²) in [6.45, 7) is 7.88. The number of nitrogens with zero attached hydrogens (tertiary/aromatic N) is 2. The van der Waals surface area contributed by atoms with Gasteiger partial charge in [0.2, 0.25) is 0 Å². The fourth-order valence-corrected chi connectivity index (χ4v) is 3.77. The van der Waals surface area contributed by atoms with Crippen LogP contribution >= 0.6 is 0 Å². The number of hydrogen-bond donors (Lipinski definition) is 2. The molecule has 2 aromatic heterocycles. The zero-order valence-electron chi connectivity index (χ0n) is 16.9.